The molecule has 6 heteroatoms. The van der Waals surface area contributed by atoms with E-state index in [9.17, 15) is 4.79 Å². The van der Waals surface area contributed by atoms with E-state index < -0.39 is 0 Å². The molecule has 0 aromatic carbocycles. The highest BCUT2D eigenvalue weighted by Crippen LogP contribution is 2.23. The molecule has 1 aliphatic rings. The summed E-state index contributed by atoms with van der Waals surface area (Å²) in [5.74, 6) is 1.03. The Labute approximate surface area is 162 Å². The maximum absolute atomic E-state index is 13.1. The Kier molecular flexibility index (Phi) is 6.85. The van der Waals surface area contributed by atoms with Crippen molar-refractivity contribution >= 4 is 11.7 Å². The van der Waals surface area contributed by atoms with Gasteiger partial charge in [-0.1, -0.05) is 13.3 Å². The lowest BCUT2D eigenvalue weighted by Gasteiger charge is -2.36. The minimum Gasteiger partial charge on any atom is -0.360 e. The van der Waals surface area contributed by atoms with E-state index in [0.29, 0.717) is 5.56 Å². The molecule has 0 aliphatic carbocycles. The zero-order chi connectivity index (χ0) is 19.1. The van der Waals surface area contributed by atoms with Crippen LogP contribution in [-0.2, 0) is 6.54 Å². The second kappa shape index (κ2) is 9.53. The molecule has 27 heavy (non-hydrogen) atoms. The largest absolute Gasteiger partial charge is 0.360 e. The summed E-state index contributed by atoms with van der Waals surface area (Å²) in [6, 6.07) is 6.11. The summed E-state index contributed by atoms with van der Waals surface area (Å²) in [5, 5.41) is 4.27. The average molecular weight is 370 g/mol. The van der Waals surface area contributed by atoms with Gasteiger partial charge in [-0.3, -0.25) is 9.48 Å². The molecule has 0 spiro atoms. The first kappa shape index (κ1) is 19.4. The predicted molar refractivity (Wildman–Crippen MR) is 108 cm³/mol. The summed E-state index contributed by atoms with van der Waals surface area (Å²) in [6.45, 7) is 4.85. The molecule has 1 atom stereocenters. The van der Waals surface area contributed by atoms with Crippen LogP contribution in [0.5, 0.6) is 0 Å². The van der Waals surface area contributed by atoms with Gasteiger partial charge in [0.2, 0.25) is 0 Å². The number of nitrogens with zero attached hydrogens (tertiary/aromatic N) is 5. The van der Waals surface area contributed by atoms with Gasteiger partial charge in [0.15, 0.2) is 0 Å². The first-order chi connectivity index (χ1) is 13.2. The van der Waals surface area contributed by atoms with Crippen molar-refractivity contribution in [1.29, 1.82) is 0 Å². The molecule has 0 bridgehead atoms. The molecule has 1 aliphatic heterocycles. The summed E-state index contributed by atoms with van der Waals surface area (Å²) < 4.78 is 1.94. The van der Waals surface area contributed by atoms with Gasteiger partial charge >= 0.3 is 0 Å². The van der Waals surface area contributed by atoms with Crippen LogP contribution in [0, 0.1) is 0 Å². The fraction of sp³-hybridized carbons (Fsp3) is 0.571. The van der Waals surface area contributed by atoms with Crippen molar-refractivity contribution in [2.75, 3.05) is 25.0 Å². The number of pyridine rings is 1. The van der Waals surface area contributed by atoms with Crippen molar-refractivity contribution in [3.63, 3.8) is 0 Å². The number of carbonyl (C=O) groups excluding carboxylic acids is 1. The molecule has 1 saturated heterocycles. The van der Waals surface area contributed by atoms with E-state index >= 15 is 0 Å². The SMILES string of the molecule is CCCCN(C)c1ccc(C(=O)N2CCCC[C@H]2CCn2cccn2)cn1. The number of hydrogen-bond acceptors (Lipinski definition) is 4. The lowest BCUT2D eigenvalue weighted by atomic mass is 9.98. The minimum atomic E-state index is 0.107. The maximum atomic E-state index is 13.1. The van der Waals surface area contributed by atoms with Crippen LogP contribution in [0.15, 0.2) is 36.8 Å². The molecule has 1 amide bonds. The van der Waals surface area contributed by atoms with Gasteiger partial charge in [0.25, 0.3) is 5.91 Å². The first-order valence-electron chi connectivity index (χ1n) is 10.1. The third kappa shape index (κ3) is 5.08. The summed E-state index contributed by atoms with van der Waals surface area (Å²) in [7, 11) is 2.05. The van der Waals surface area contributed by atoms with Gasteiger partial charge in [-0.2, -0.15) is 5.10 Å². The standard InChI is InChI=1S/C21H31N5O/c1-3-4-13-24(2)20-10-9-18(17-22-20)21(27)26-15-6-5-8-19(26)11-16-25-14-7-12-23-25/h7,9-10,12,14,17,19H,3-6,8,11,13,15-16H2,1-2H3/t19-/m0/s1. The minimum absolute atomic E-state index is 0.107. The molecule has 146 valence electrons. The number of unbranched alkanes of at least 4 members (excludes halogenated alkanes) is 1. The van der Waals surface area contributed by atoms with Crippen molar-refractivity contribution in [3.05, 3.63) is 42.4 Å². The summed E-state index contributed by atoms with van der Waals surface area (Å²) in [6.07, 6.45) is 12.1. The van der Waals surface area contributed by atoms with Gasteiger partial charge in [-0.05, 0) is 50.3 Å². The van der Waals surface area contributed by atoms with Gasteiger partial charge in [0.05, 0.1) is 5.56 Å². The highest BCUT2D eigenvalue weighted by atomic mass is 16.2. The van der Waals surface area contributed by atoms with Crippen LogP contribution in [0.4, 0.5) is 5.82 Å². The van der Waals surface area contributed by atoms with E-state index in [0.717, 1.165) is 57.6 Å². The van der Waals surface area contributed by atoms with Crippen molar-refractivity contribution in [3.8, 4) is 0 Å². The lowest BCUT2D eigenvalue weighted by Crippen LogP contribution is -2.44. The second-order valence-electron chi connectivity index (χ2n) is 7.39. The molecule has 6 nitrogen and oxygen atoms in total. The lowest BCUT2D eigenvalue weighted by molar-refractivity contribution is 0.0593. The average Bonchev–Trinajstić information content (AvgIpc) is 3.24. The zero-order valence-corrected chi connectivity index (χ0v) is 16.5. The summed E-state index contributed by atoms with van der Waals surface area (Å²) >= 11 is 0. The number of rotatable bonds is 8. The van der Waals surface area contributed by atoms with E-state index in [1.807, 2.05) is 34.0 Å². The Balaban J connectivity index is 1.63. The summed E-state index contributed by atoms with van der Waals surface area (Å²) in [4.78, 5) is 21.8. The maximum Gasteiger partial charge on any atom is 0.255 e. The molecule has 2 aromatic heterocycles. The van der Waals surface area contributed by atoms with Gasteiger partial charge < -0.3 is 9.80 Å². The molecular weight excluding hydrogens is 338 g/mol. The fourth-order valence-electron chi connectivity index (χ4n) is 3.70. The zero-order valence-electron chi connectivity index (χ0n) is 16.5. The molecule has 2 aromatic rings. The third-order valence-corrected chi connectivity index (χ3v) is 5.37. The van der Waals surface area contributed by atoms with Crippen LogP contribution in [0.25, 0.3) is 0 Å². The van der Waals surface area contributed by atoms with Crippen molar-refractivity contribution in [1.82, 2.24) is 19.7 Å². The molecule has 1 fully saturated rings. The number of piperidine rings is 1. The van der Waals surface area contributed by atoms with E-state index in [-0.39, 0.29) is 11.9 Å². The molecule has 3 rings (SSSR count). The molecule has 0 radical (unpaired) electrons. The quantitative estimate of drug-likeness (QED) is 0.713. The molecule has 0 unspecified atom stereocenters. The Morgan fingerprint density at radius 1 is 1.33 bits per heavy atom. The van der Waals surface area contributed by atoms with Crippen LogP contribution in [-0.4, -0.2) is 51.8 Å². The topological polar surface area (TPSA) is 54.3 Å². The normalized spacial score (nSPS) is 17.1. The van der Waals surface area contributed by atoms with E-state index in [2.05, 4.69) is 29.0 Å². The van der Waals surface area contributed by atoms with Crippen molar-refractivity contribution in [2.24, 2.45) is 0 Å². The highest BCUT2D eigenvalue weighted by Gasteiger charge is 2.27. The van der Waals surface area contributed by atoms with Crippen molar-refractivity contribution in [2.45, 2.75) is 58.0 Å². The van der Waals surface area contributed by atoms with Crippen molar-refractivity contribution < 1.29 is 4.79 Å². The van der Waals surface area contributed by atoms with Gasteiger partial charge in [0, 0.05) is 51.3 Å². The number of carbonyl (C=O) groups is 1. The van der Waals surface area contributed by atoms with Gasteiger partial charge in [-0.25, -0.2) is 4.98 Å². The predicted octanol–water partition coefficient (Wildman–Crippen LogP) is 3.60. The molecule has 0 saturated carbocycles. The van der Waals surface area contributed by atoms with Crippen LogP contribution >= 0.6 is 0 Å². The second-order valence-corrected chi connectivity index (χ2v) is 7.39. The molecule has 3 heterocycles. The number of hydrogen-bond donors (Lipinski definition) is 0. The third-order valence-electron chi connectivity index (χ3n) is 5.37. The number of aromatic nitrogens is 3. The Morgan fingerprint density at radius 3 is 2.93 bits per heavy atom. The Morgan fingerprint density at radius 2 is 2.22 bits per heavy atom. The number of anilines is 1. The van der Waals surface area contributed by atoms with Crippen LogP contribution < -0.4 is 4.90 Å². The van der Waals surface area contributed by atoms with Gasteiger partial charge in [-0.15, -0.1) is 0 Å². The molecule has 0 N–H and O–H groups in total. The number of aryl methyl sites for hydroxylation is 1. The Hall–Kier alpha value is -2.37. The van der Waals surface area contributed by atoms with Gasteiger partial charge in [0.1, 0.15) is 5.82 Å². The fourth-order valence-corrected chi connectivity index (χ4v) is 3.70. The Bertz CT molecular complexity index is 698. The van der Waals surface area contributed by atoms with E-state index in [1.54, 1.807) is 12.4 Å². The van der Waals surface area contributed by atoms with Crippen LogP contribution in [0.3, 0.4) is 0 Å². The number of likely N-dealkylation sites (tertiary alicyclic amines) is 1. The highest BCUT2D eigenvalue weighted by molar-refractivity contribution is 5.94. The number of amides is 1. The van der Waals surface area contributed by atoms with E-state index in [4.69, 9.17) is 0 Å². The first-order valence-corrected chi connectivity index (χ1v) is 10.1. The monoisotopic (exact) mass is 369 g/mol. The summed E-state index contributed by atoms with van der Waals surface area (Å²) in [5.41, 5.74) is 0.689. The van der Waals surface area contributed by atoms with Crippen LogP contribution in [0.1, 0.15) is 55.8 Å². The smallest absolute Gasteiger partial charge is 0.255 e. The molecular formula is C21H31N5O. The van der Waals surface area contributed by atoms with E-state index in [1.165, 1.54) is 6.42 Å². The van der Waals surface area contributed by atoms with Crippen LogP contribution in [0.2, 0.25) is 0 Å².